The van der Waals surface area contributed by atoms with Crippen molar-refractivity contribution in [2.24, 2.45) is 5.73 Å². The predicted octanol–water partition coefficient (Wildman–Crippen LogP) is 0.297. The van der Waals surface area contributed by atoms with Crippen molar-refractivity contribution in [3.05, 3.63) is 17.0 Å². The third-order valence-electron chi connectivity index (χ3n) is 2.14. The molecule has 1 aromatic rings. The highest BCUT2D eigenvalue weighted by Crippen LogP contribution is 2.12. The Kier molecular flexibility index (Phi) is 3.85. The van der Waals surface area contributed by atoms with Crippen molar-refractivity contribution >= 4 is 5.91 Å². The largest absolute Gasteiger partial charge is 0.361 e. The third kappa shape index (κ3) is 3.36. The van der Waals surface area contributed by atoms with Crippen molar-refractivity contribution < 1.29 is 9.32 Å². The molecule has 0 aliphatic rings. The van der Waals surface area contributed by atoms with Crippen LogP contribution in [0.25, 0.3) is 0 Å². The van der Waals surface area contributed by atoms with Gasteiger partial charge in [-0.3, -0.25) is 4.79 Å². The smallest absolute Gasteiger partial charge is 0.224 e. The van der Waals surface area contributed by atoms with Crippen LogP contribution in [-0.4, -0.2) is 23.7 Å². The van der Waals surface area contributed by atoms with Gasteiger partial charge in [-0.1, -0.05) is 5.16 Å². The zero-order valence-electron chi connectivity index (χ0n) is 9.33. The van der Waals surface area contributed by atoms with Gasteiger partial charge in [0.25, 0.3) is 0 Å². The van der Waals surface area contributed by atoms with Gasteiger partial charge in [-0.2, -0.15) is 0 Å². The molecule has 1 rings (SSSR count). The molecule has 0 saturated heterocycles. The lowest BCUT2D eigenvalue weighted by atomic mass is 10.1. The minimum atomic E-state index is -0.0540. The molecule has 84 valence electrons. The highest BCUT2D eigenvalue weighted by Gasteiger charge is 2.13. The first-order chi connectivity index (χ1) is 7.00. The highest BCUT2D eigenvalue weighted by molar-refractivity contribution is 5.79. The van der Waals surface area contributed by atoms with Crippen LogP contribution in [0.2, 0.25) is 0 Å². The number of amides is 1. The van der Waals surface area contributed by atoms with E-state index in [1.807, 2.05) is 13.8 Å². The van der Waals surface area contributed by atoms with E-state index in [4.69, 9.17) is 10.3 Å². The molecule has 1 unspecified atom stereocenters. The number of nitrogens with two attached hydrogens (primary N) is 1. The van der Waals surface area contributed by atoms with Crippen molar-refractivity contribution in [1.82, 2.24) is 10.5 Å². The Balaban J connectivity index is 2.51. The molecule has 1 atom stereocenters. The van der Waals surface area contributed by atoms with Gasteiger partial charge in [-0.15, -0.1) is 0 Å². The van der Waals surface area contributed by atoms with Crippen LogP contribution in [0.15, 0.2) is 4.52 Å². The van der Waals surface area contributed by atoms with Gasteiger partial charge in [0.15, 0.2) is 0 Å². The molecule has 1 amide bonds. The first-order valence-electron chi connectivity index (χ1n) is 4.94. The van der Waals surface area contributed by atoms with Gasteiger partial charge in [0.05, 0.1) is 12.1 Å². The van der Waals surface area contributed by atoms with Gasteiger partial charge in [0.2, 0.25) is 5.91 Å². The van der Waals surface area contributed by atoms with E-state index in [0.29, 0.717) is 18.7 Å². The second-order valence-electron chi connectivity index (χ2n) is 3.76. The average Bonchev–Trinajstić information content (AvgIpc) is 2.46. The molecule has 0 radical (unpaired) electrons. The number of aryl methyl sites for hydroxylation is 2. The van der Waals surface area contributed by atoms with Crippen LogP contribution in [0.5, 0.6) is 0 Å². The Hall–Kier alpha value is -1.36. The van der Waals surface area contributed by atoms with Crippen LogP contribution in [0.1, 0.15) is 23.9 Å². The molecular formula is C10H17N3O2. The fourth-order valence-corrected chi connectivity index (χ4v) is 1.25. The van der Waals surface area contributed by atoms with Crippen LogP contribution in [0, 0.1) is 13.8 Å². The maximum atomic E-state index is 11.5. The molecule has 3 N–H and O–H groups in total. The molecule has 15 heavy (non-hydrogen) atoms. The van der Waals surface area contributed by atoms with Gasteiger partial charge >= 0.3 is 0 Å². The quantitative estimate of drug-likeness (QED) is 0.750. The number of hydrogen-bond acceptors (Lipinski definition) is 4. The van der Waals surface area contributed by atoms with Crippen LogP contribution in [-0.2, 0) is 11.2 Å². The van der Waals surface area contributed by atoms with E-state index in [-0.39, 0.29) is 11.9 Å². The average molecular weight is 211 g/mol. The molecule has 5 heteroatoms. The molecule has 1 heterocycles. The van der Waals surface area contributed by atoms with Crippen molar-refractivity contribution in [3.63, 3.8) is 0 Å². The van der Waals surface area contributed by atoms with Crippen LogP contribution in [0.3, 0.4) is 0 Å². The molecule has 0 spiro atoms. The minimum Gasteiger partial charge on any atom is -0.361 e. The first-order valence-corrected chi connectivity index (χ1v) is 4.94. The summed E-state index contributed by atoms with van der Waals surface area (Å²) in [5, 5.41) is 6.53. The molecule has 5 nitrogen and oxygen atoms in total. The number of carbonyl (C=O) groups is 1. The Morgan fingerprint density at radius 2 is 2.27 bits per heavy atom. The van der Waals surface area contributed by atoms with E-state index in [1.165, 1.54) is 0 Å². The summed E-state index contributed by atoms with van der Waals surface area (Å²) in [6.07, 6.45) is 0.299. The third-order valence-corrected chi connectivity index (χ3v) is 2.14. The van der Waals surface area contributed by atoms with Crippen LogP contribution in [0.4, 0.5) is 0 Å². The second kappa shape index (κ2) is 4.93. The summed E-state index contributed by atoms with van der Waals surface area (Å²) in [5.74, 6) is 0.644. The maximum absolute atomic E-state index is 11.5. The minimum absolute atomic E-state index is 0.0291. The highest BCUT2D eigenvalue weighted by atomic mass is 16.5. The van der Waals surface area contributed by atoms with E-state index < -0.39 is 0 Å². The SMILES string of the molecule is Cc1noc(C)c1CC(=O)NCC(C)N. The summed E-state index contributed by atoms with van der Waals surface area (Å²) >= 11 is 0. The summed E-state index contributed by atoms with van der Waals surface area (Å²) in [4.78, 5) is 11.5. The van der Waals surface area contributed by atoms with Gasteiger partial charge in [-0.05, 0) is 20.8 Å². The van der Waals surface area contributed by atoms with Crippen LogP contribution >= 0.6 is 0 Å². The van der Waals surface area contributed by atoms with Crippen molar-refractivity contribution in [2.45, 2.75) is 33.2 Å². The summed E-state index contributed by atoms with van der Waals surface area (Å²) in [6, 6.07) is -0.0291. The van der Waals surface area contributed by atoms with E-state index in [9.17, 15) is 4.79 Å². The van der Waals surface area contributed by atoms with Gasteiger partial charge < -0.3 is 15.6 Å². The van der Waals surface area contributed by atoms with Gasteiger partial charge in [0, 0.05) is 18.2 Å². The lowest BCUT2D eigenvalue weighted by Crippen LogP contribution is -2.36. The van der Waals surface area contributed by atoms with E-state index >= 15 is 0 Å². The Bertz CT molecular complexity index is 325. The molecular weight excluding hydrogens is 194 g/mol. The predicted molar refractivity (Wildman–Crippen MR) is 56.3 cm³/mol. The number of hydrogen-bond donors (Lipinski definition) is 2. The maximum Gasteiger partial charge on any atom is 0.224 e. The molecule has 0 aliphatic carbocycles. The first kappa shape index (κ1) is 11.7. The number of nitrogens with one attached hydrogen (secondary N) is 1. The van der Waals surface area contributed by atoms with Crippen molar-refractivity contribution in [2.75, 3.05) is 6.54 Å². The fourth-order valence-electron chi connectivity index (χ4n) is 1.25. The molecule has 0 fully saturated rings. The Morgan fingerprint density at radius 1 is 1.60 bits per heavy atom. The van der Waals surface area contributed by atoms with Crippen molar-refractivity contribution in [1.29, 1.82) is 0 Å². The summed E-state index contributed by atoms with van der Waals surface area (Å²) in [6.45, 7) is 5.96. The summed E-state index contributed by atoms with van der Waals surface area (Å²) < 4.78 is 4.97. The lowest BCUT2D eigenvalue weighted by Gasteiger charge is -2.07. The van der Waals surface area contributed by atoms with E-state index in [2.05, 4.69) is 10.5 Å². The van der Waals surface area contributed by atoms with Crippen LogP contribution < -0.4 is 11.1 Å². The number of rotatable bonds is 4. The van der Waals surface area contributed by atoms with Crippen molar-refractivity contribution in [3.8, 4) is 0 Å². The fraction of sp³-hybridized carbons (Fsp3) is 0.600. The molecule has 0 aliphatic heterocycles. The summed E-state index contributed by atoms with van der Waals surface area (Å²) in [5.41, 5.74) is 7.15. The number of carbonyl (C=O) groups excluding carboxylic acids is 1. The zero-order chi connectivity index (χ0) is 11.4. The standard InChI is InChI=1S/C10H17N3O2/c1-6(11)5-12-10(14)4-9-7(2)13-15-8(9)3/h6H,4-5,11H2,1-3H3,(H,12,14). The second-order valence-corrected chi connectivity index (χ2v) is 3.76. The lowest BCUT2D eigenvalue weighted by molar-refractivity contribution is -0.120. The normalized spacial score (nSPS) is 12.5. The topological polar surface area (TPSA) is 81.2 Å². The zero-order valence-corrected chi connectivity index (χ0v) is 9.33. The number of nitrogens with zero attached hydrogens (tertiary/aromatic N) is 1. The van der Waals surface area contributed by atoms with E-state index in [1.54, 1.807) is 6.92 Å². The van der Waals surface area contributed by atoms with Gasteiger partial charge in [-0.25, -0.2) is 0 Å². The van der Waals surface area contributed by atoms with Gasteiger partial charge in [0.1, 0.15) is 5.76 Å². The molecule has 0 bridgehead atoms. The Morgan fingerprint density at radius 3 is 2.73 bits per heavy atom. The molecule has 0 saturated carbocycles. The van der Waals surface area contributed by atoms with E-state index in [0.717, 1.165) is 11.3 Å². The monoisotopic (exact) mass is 211 g/mol. The Labute approximate surface area is 89.0 Å². The number of aromatic nitrogens is 1. The molecule has 0 aromatic carbocycles. The molecule has 1 aromatic heterocycles. The summed E-state index contributed by atoms with van der Waals surface area (Å²) in [7, 11) is 0.